The third kappa shape index (κ3) is 2.11. The molecule has 1 saturated heterocycles. The van der Waals surface area contributed by atoms with E-state index in [-0.39, 0.29) is 0 Å². The molecule has 0 aliphatic carbocycles. The molecule has 1 rings (SSSR count). The lowest BCUT2D eigenvalue weighted by Gasteiger charge is -2.27. The predicted molar refractivity (Wildman–Crippen MR) is 46.6 cm³/mol. The van der Waals surface area contributed by atoms with Gasteiger partial charge in [0.2, 0.25) is 0 Å². The van der Waals surface area contributed by atoms with Crippen molar-refractivity contribution in [3.05, 3.63) is 12.7 Å². The topological polar surface area (TPSA) is 9.23 Å². The molecule has 0 aromatic heterocycles. The highest BCUT2D eigenvalue weighted by Crippen LogP contribution is 2.28. The fourth-order valence-electron chi connectivity index (χ4n) is 1.19. The van der Waals surface area contributed by atoms with E-state index in [1.54, 1.807) is 0 Å². The molecular weight excluding hydrogens is 164 g/mol. The number of rotatable bonds is 2. The molecule has 0 amide bonds. The van der Waals surface area contributed by atoms with Gasteiger partial charge >= 0.3 is 0 Å². The van der Waals surface area contributed by atoms with Gasteiger partial charge in [0.15, 0.2) is 0 Å². The molecule has 1 nitrogen and oxygen atoms in total. The maximum atomic E-state index is 6.22. The molecule has 58 valence electrons. The van der Waals surface area contributed by atoms with Crippen molar-refractivity contribution < 1.29 is 4.43 Å². The van der Waals surface area contributed by atoms with Gasteiger partial charge in [-0.15, -0.1) is 17.7 Å². The van der Waals surface area contributed by atoms with E-state index in [0.717, 1.165) is 18.7 Å². The van der Waals surface area contributed by atoms with Gasteiger partial charge in [-0.05, 0) is 18.5 Å². The lowest BCUT2D eigenvalue weighted by Crippen LogP contribution is -2.34. The number of hydrogen-bond acceptors (Lipinski definition) is 1. The van der Waals surface area contributed by atoms with Crippen LogP contribution < -0.4 is 0 Å². The Bertz CT molecular complexity index is 121. The van der Waals surface area contributed by atoms with E-state index in [2.05, 4.69) is 6.58 Å². The molecule has 0 aromatic rings. The zero-order chi connectivity index (χ0) is 7.45. The minimum atomic E-state index is -1.78. The van der Waals surface area contributed by atoms with E-state index < -0.39 is 7.63 Å². The van der Waals surface area contributed by atoms with Crippen LogP contribution in [0.1, 0.15) is 12.8 Å². The van der Waals surface area contributed by atoms with E-state index in [4.69, 9.17) is 15.5 Å². The van der Waals surface area contributed by atoms with Crippen LogP contribution in [0.25, 0.3) is 0 Å². The average molecular weight is 177 g/mol. The highest BCUT2D eigenvalue weighted by molar-refractivity contribution is 7.16. The van der Waals surface area contributed by atoms with Crippen LogP contribution in [0.3, 0.4) is 0 Å². The third-order valence-corrected chi connectivity index (χ3v) is 5.83. The first-order valence-corrected chi connectivity index (χ1v) is 7.04. The lowest BCUT2D eigenvalue weighted by atomic mass is 10.4. The van der Waals surface area contributed by atoms with Gasteiger partial charge in [-0.1, -0.05) is 12.5 Å². The van der Waals surface area contributed by atoms with Crippen molar-refractivity contribution in [1.82, 2.24) is 0 Å². The Morgan fingerprint density at radius 1 is 1.60 bits per heavy atom. The summed E-state index contributed by atoms with van der Waals surface area (Å²) in [5, 5.41) is 0. The second-order valence-electron chi connectivity index (χ2n) is 2.68. The first-order chi connectivity index (χ1) is 4.77. The maximum Gasteiger partial charge on any atom is 0.293 e. The largest absolute Gasteiger partial charge is 0.403 e. The smallest absolute Gasteiger partial charge is 0.293 e. The summed E-state index contributed by atoms with van der Waals surface area (Å²) < 4.78 is 5.54. The van der Waals surface area contributed by atoms with Crippen molar-refractivity contribution in [2.75, 3.05) is 6.61 Å². The lowest BCUT2D eigenvalue weighted by molar-refractivity contribution is 0.282. The van der Waals surface area contributed by atoms with E-state index in [0.29, 0.717) is 0 Å². The van der Waals surface area contributed by atoms with Crippen LogP contribution in [0.4, 0.5) is 0 Å². The molecule has 10 heavy (non-hydrogen) atoms. The van der Waals surface area contributed by atoms with Crippen LogP contribution in [0.5, 0.6) is 0 Å². The average Bonchev–Trinajstić information content (AvgIpc) is 1.89. The second kappa shape index (κ2) is 3.56. The van der Waals surface area contributed by atoms with Gasteiger partial charge in [0.05, 0.1) is 0 Å². The standard InChI is InChI=1S/C7H13ClOSi/c1-2-6-10(8)7-4-3-5-9-10/h2H,1,3-7H2. The molecule has 0 spiro atoms. The highest BCUT2D eigenvalue weighted by Gasteiger charge is 2.33. The summed E-state index contributed by atoms with van der Waals surface area (Å²) in [6.45, 7) is 4.53. The molecule has 1 aliphatic rings. The number of allylic oxidation sites excluding steroid dienone is 1. The molecule has 1 atom stereocenters. The Labute approximate surface area is 67.9 Å². The molecule has 0 bridgehead atoms. The molecule has 0 radical (unpaired) electrons. The maximum absolute atomic E-state index is 6.22. The highest BCUT2D eigenvalue weighted by atomic mass is 35.6. The van der Waals surface area contributed by atoms with Crippen molar-refractivity contribution in [2.24, 2.45) is 0 Å². The molecule has 1 aliphatic heterocycles. The van der Waals surface area contributed by atoms with Gasteiger partial charge < -0.3 is 4.43 Å². The molecule has 1 unspecified atom stereocenters. The number of hydrogen-bond donors (Lipinski definition) is 0. The van der Waals surface area contributed by atoms with Crippen LogP contribution in [-0.2, 0) is 4.43 Å². The van der Waals surface area contributed by atoms with Crippen LogP contribution in [0.2, 0.25) is 12.1 Å². The van der Waals surface area contributed by atoms with Gasteiger partial charge in [0.25, 0.3) is 7.63 Å². The summed E-state index contributed by atoms with van der Waals surface area (Å²) in [6.07, 6.45) is 4.30. The zero-order valence-corrected chi connectivity index (χ0v) is 7.86. The fraction of sp³-hybridized carbons (Fsp3) is 0.714. The minimum absolute atomic E-state index is 0.865. The van der Waals surface area contributed by atoms with Gasteiger partial charge in [-0.25, -0.2) is 0 Å². The predicted octanol–water partition coefficient (Wildman–Crippen LogP) is 2.66. The Balaban J connectivity index is 2.39. The Morgan fingerprint density at radius 2 is 2.40 bits per heavy atom. The molecule has 0 N–H and O–H groups in total. The molecular formula is C7H13ClOSi. The third-order valence-electron chi connectivity index (χ3n) is 1.75. The Hall–Kier alpha value is 0.207. The van der Waals surface area contributed by atoms with Gasteiger partial charge in [-0.2, -0.15) is 0 Å². The normalized spacial score (nSPS) is 33.7. The van der Waals surface area contributed by atoms with Crippen molar-refractivity contribution in [1.29, 1.82) is 0 Å². The van der Waals surface area contributed by atoms with E-state index >= 15 is 0 Å². The van der Waals surface area contributed by atoms with Crippen molar-refractivity contribution >= 4 is 18.7 Å². The summed E-state index contributed by atoms with van der Waals surface area (Å²) in [4.78, 5) is 0. The monoisotopic (exact) mass is 176 g/mol. The van der Waals surface area contributed by atoms with Crippen molar-refractivity contribution in [3.8, 4) is 0 Å². The minimum Gasteiger partial charge on any atom is -0.403 e. The summed E-state index contributed by atoms with van der Waals surface area (Å²) in [5.41, 5.74) is 0. The summed E-state index contributed by atoms with van der Waals surface area (Å²) in [6, 6.07) is 2.00. The fourth-order valence-corrected chi connectivity index (χ4v) is 4.34. The molecule has 3 heteroatoms. The van der Waals surface area contributed by atoms with Crippen LogP contribution in [0.15, 0.2) is 12.7 Å². The Kier molecular flexibility index (Phi) is 2.95. The van der Waals surface area contributed by atoms with Gasteiger partial charge in [0, 0.05) is 6.61 Å². The van der Waals surface area contributed by atoms with E-state index in [1.165, 1.54) is 12.8 Å². The first kappa shape index (κ1) is 8.30. The summed E-state index contributed by atoms with van der Waals surface area (Å²) in [7, 11) is -1.78. The quantitative estimate of drug-likeness (QED) is 0.357. The molecule has 1 heterocycles. The SMILES string of the molecule is C=CC[Si]1(Cl)CCCCO1. The first-order valence-electron chi connectivity index (χ1n) is 3.71. The van der Waals surface area contributed by atoms with Crippen LogP contribution in [-0.4, -0.2) is 14.2 Å². The molecule has 0 aromatic carbocycles. The van der Waals surface area contributed by atoms with E-state index in [1.807, 2.05) is 6.08 Å². The Morgan fingerprint density at radius 3 is 2.90 bits per heavy atom. The number of halogens is 1. The summed E-state index contributed by atoms with van der Waals surface area (Å²) in [5.74, 6) is 0. The zero-order valence-electron chi connectivity index (χ0n) is 6.11. The molecule has 1 fully saturated rings. The van der Waals surface area contributed by atoms with Crippen LogP contribution >= 0.6 is 11.1 Å². The van der Waals surface area contributed by atoms with Gasteiger partial charge in [0.1, 0.15) is 0 Å². The summed E-state index contributed by atoms with van der Waals surface area (Å²) >= 11 is 6.22. The second-order valence-corrected chi connectivity index (χ2v) is 7.71. The van der Waals surface area contributed by atoms with E-state index in [9.17, 15) is 0 Å². The van der Waals surface area contributed by atoms with Crippen molar-refractivity contribution in [2.45, 2.75) is 24.9 Å². The van der Waals surface area contributed by atoms with Crippen molar-refractivity contribution in [3.63, 3.8) is 0 Å². The van der Waals surface area contributed by atoms with Crippen LogP contribution in [0, 0.1) is 0 Å². The van der Waals surface area contributed by atoms with Gasteiger partial charge in [-0.3, -0.25) is 0 Å². The molecule has 0 saturated carbocycles.